The molecular weight excluding hydrogens is 580 g/mol. The van der Waals surface area contributed by atoms with Gasteiger partial charge in [0.15, 0.2) is 0 Å². The highest BCUT2D eigenvalue weighted by atomic mass is 16.5. The van der Waals surface area contributed by atoms with Gasteiger partial charge >= 0.3 is 5.97 Å². The van der Waals surface area contributed by atoms with Crippen molar-refractivity contribution in [2.24, 2.45) is 68.8 Å². The van der Waals surface area contributed by atoms with Crippen LogP contribution in [0.25, 0.3) is 0 Å². The molecule has 0 heterocycles. The molecule has 7 rings (SSSR count). The zero-order valence-electron chi connectivity index (χ0n) is 31.3. The topological polar surface area (TPSA) is 73.6 Å². The van der Waals surface area contributed by atoms with Gasteiger partial charge in [-0.2, -0.15) is 0 Å². The standard InChI is InChI=1S/C42H70N2O3/c1-9-11-31(43)15-12-28(3)33-16-17-35-39(33,6)20-19-36-40(7)21-18-32(25-42(40,46-8)23-22-41(35,36)10-2)47-37(45)27-44-26-29-13-14-30-24-34(29)38(30,4)5/h10,12,15,28-36,44H,2,9,11,13-14,16-27,43H2,1,3-8H3/b15-12+/t28-,29?,30?,31-,32+,33-,34?,35-,36-,39-,40-,41?,42-/m1/s1. The second-order valence-electron chi connectivity index (χ2n) is 18.6. The zero-order valence-corrected chi connectivity index (χ0v) is 31.3. The normalized spacial score (nSPS) is 46.4. The molecule has 0 aromatic rings. The molecule has 47 heavy (non-hydrogen) atoms. The van der Waals surface area contributed by atoms with E-state index in [1.807, 2.05) is 7.11 Å². The molecule has 5 nitrogen and oxygen atoms in total. The molecule has 7 fully saturated rings. The van der Waals surface area contributed by atoms with Crippen LogP contribution in [0.15, 0.2) is 24.8 Å². The fourth-order valence-electron chi connectivity index (χ4n) is 13.9. The van der Waals surface area contributed by atoms with Gasteiger partial charge in [0.05, 0.1) is 12.1 Å². The summed E-state index contributed by atoms with van der Waals surface area (Å²) in [4.78, 5) is 13.1. The average molecular weight is 651 g/mol. The molecule has 7 aliphatic carbocycles. The van der Waals surface area contributed by atoms with Crippen LogP contribution in [0.3, 0.4) is 0 Å². The Bertz CT molecular complexity index is 1180. The first-order chi connectivity index (χ1) is 22.3. The minimum Gasteiger partial charge on any atom is -0.461 e. The number of allylic oxidation sites excluding steroid dienone is 2. The van der Waals surface area contributed by atoms with Crippen molar-refractivity contribution in [1.29, 1.82) is 0 Å². The number of nitrogens with two attached hydrogens (primary N) is 1. The number of esters is 1. The maximum Gasteiger partial charge on any atom is 0.320 e. The molecule has 0 aromatic carbocycles. The largest absolute Gasteiger partial charge is 0.461 e. The van der Waals surface area contributed by atoms with Crippen molar-refractivity contribution in [1.82, 2.24) is 5.32 Å². The third kappa shape index (κ3) is 5.73. The third-order valence-corrected chi connectivity index (χ3v) is 16.7. The number of carbonyl (C=O) groups is 1. The molecule has 13 atom stereocenters. The number of fused-ring (bicyclic) bond motifs is 7. The van der Waals surface area contributed by atoms with Crippen LogP contribution in [0.4, 0.5) is 0 Å². The van der Waals surface area contributed by atoms with Gasteiger partial charge in [0, 0.05) is 25.0 Å². The SMILES string of the molecule is C=CC12CC[C@@]3(OC)C[C@@H](OC(=O)CNCC4CCC5CC4C5(C)C)CC[C@]3(C)[C@H]1CC[C@]1(C)[C@@H]([C@H](C)/C=C/[C@H](N)CCC)CC[C@@H]21. The Hall–Kier alpha value is -1.17. The quantitative estimate of drug-likeness (QED) is 0.163. The van der Waals surface area contributed by atoms with Gasteiger partial charge in [-0.15, -0.1) is 6.58 Å². The summed E-state index contributed by atoms with van der Waals surface area (Å²) in [6.07, 6.45) is 23.4. The Labute approximate surface area is 288 Å². The summed E-state index contributed by atoms with van der Waals surface area (Å²) in [6.45, 7) is 20.6. The minimum absolute atomic E-state index is 0.0433. The monoisotopic (exact) mass is 651 g/mol. The lowest BCUT2D eigenvalue weighted by Gasteiger charge is -2.69. The van der Waals surface area contributed by atoms with Crippen LogP contribution < -0.4 is 11.1 Å². The van der Waals surface area contributed by atoms with Crippen molar-refractivity contribution in [2.75, 3.05) is 20.2 Å². The van der Waals surface area contributed by atoms with E-state index >= 15 is 0 Å². The second-order valence-corrected chi connectivity index (χ2v) is 18.6. The molecule has 7 saturated carbocycles. The highest BCUT2D eigenvalue weighted by molar-refractivity contribution is 5.71. The summed E-state index contributed by atoms with van der Waals surface area (Å²) in [7, 11) is 1.93. The number of rotatable bonds is 12. The summed E-state index contributed by atoms with van der Waals surface area (Å²) in [5.74, 6) is 4.76. The predicted molar refractivity (Wildman–Crippen MR) is 193 cm³/mol. The van der Waals surface area contributed by atoms with E-state index in [1.54, 1.807) is 0 Å². The summed E-state index contributed by atoms with van der Waals surface area (Å²) < 4.78 is 12.9. The van der Waals surface area contributed by atoms with Gasteiger partial charge in [0.1, 0.15) is 6.10 Å². The van der Waals surface area contributed by atoms with Crippen molar-refractivity contribution >= 4 is 5.97 Å². The average Bonchev–Trinajstić information content (AvgIpc) is 3.41. The highest BCUT2D eigenvalue weighted by Gasteiger charge is 2.70. The van der Waals surface area contributed by atoms with Gasteiger partial charge < -0.3 is 20.5 Å². The lowest BCUT2D eigenvalue weighted by Crippen LogP contribution is -2.67. The number of carbonyl (C=O) groups excluding carboxylic acids is 1. The lowest BCUT2D eigenvalue weighted by atomic mass is 9.37. The first-order valence-corrected chi connectivity index (χ1v) is 19.8. The van der Waals surface area contributed by atoms with Crippen molar-refractivity contribution in [3.8, 4) is 0 Å². The maximum atomic E-state index is 13.1. The molecule has 4 unspecified atom stereocenters. The Morgan fingerprint density at radius 2 is 1.79 bits per heavy atom. The Morgan fingerprint density at radius 1 is 1.00 bits per heavy atom. The van der Waals surface area contributed by atoms with E-state index in [4.69, 9.17) is 15.2 Å². The molecule has 3 N–H and O–H groups in total. The van der Waals surface area contributed by atoms with E-state index in [-0.39, 0.29) is 34.5 Å². The Morgan fingerprint density at radius 3 is 2.47 bits per heavy atom. The van der Waals surface area contributed by atoms with Gasteiger partial charge in [-0.25, -0.2) is 0 Å². The second kappa shape index (κ2) is 13.2. The summed E-state index contributed by atoms with van der Waals surface area (Å²) in [5, 5.41) is 3.50. The molecule has 266 valence electrons. The Balaban J connectivity index is 1.10. The maximum absolute atomic E-state index is 13.1. The van der Waals surface area contributed by atoms with Crippen molar-refractivity contribution < 1.29 is 14.3 Å². The van der Waals surface area contributed by atoms with Crippen LogP contribution in [0.5, 0.6) is 0 Å². The summed E-state index contributed by atoms with van der Waals surface area (Å²) in [6, 6.07) is 0.174. The Kier molecular flexibility index (Phi) is 10.00. The van der Waals surface area contributed by atoms with Crippen LogP contribution in [-0.2, 0) is 14.3 Å². The summed E-state index contributed by atoms with van der Waals surface area (Å²) in [5.41, 5.74) is 7.11. The number of methoxy groups -OCH3 is 1. The van der Waals surface area contributed by atoms with Gasteiger partial charge in [-0.3, -0.25) is 4.79 Å². The van der Waals surface area contributed by atoms with E-state index < -0.39 is 0 Å². The summed E-state index contributed by atoms with van der Waals surface area (Å²) >= 11 is 0. The van der Waals surface area contributed by atoms with E-state index in [9.17, 15) is 4.79 Å². The zero-order chi connectivity index (χ0) is 33.8. The molecule has 0 spiro atoms. The first-order valence-electron chi connectivity index (χ1n) is 19.8. The van der Waals surface area contributed by atoms with Crippen LogP contribution in [0.2, 0.25) is 0 Å². The third-order valence-electron chi connectivity index (χ3n) is 16.7. The van der Waals surface area contributed by atoms with Crippen LogP contribution in [-0.4, -0.2) is 43.9 Å². The number of hydrogen-bond donors (Lipinski definition) is 2. The molecule has 2 bridgehead atoms. The van der Waals surface area contributed by atoms with Gasteiger partial charge in [0.25, 0.3) is 0 Å². The molecule has 0 aliphatic heterocycles. The number of ether oxygens (including phenoxy) is 2. The van der Waals surface area contributed by atoms with Gasteiger partial charge in [-0.05, 0) is 141 Å². The number of nitrogens with one attached hydrogen (secondary N) is 1. The van der Waals surface area contributed by atoms with Crippen LogP contribution in [0.1, 0.15) is 131 Å². The van der Waals surface area contributed by atoms with Crippen LogP contribution in [0, 0.1) is 63.1 Å². The van der Waals surface area contributed by atoms with Crippen molar-refractivity contribution in [2.45, 2.75) is 149 Å². The highest BCUT2D eigenvalue weighted by Crippen LogP contribution is 2.74. The molecule has 0 radical (unpaired) electrons. The van der Waals surface area contributed by atoms with E-state index in [0.29, 0.717) is 47.0 Å². The van der Waals surface area contributed by atoms with E-state index in [0.717, 1.165) is 63.3 Å². The van der Waals surface area contributed by atoms with Crippen molar-refractivity contribution in [3.05, 3.63) is 24.8 Å². The molecular formula is C42H70N2O3. The fraction of sp³-hybridized carbons (Fsp3) is 0.881. The molecule has 0 amide bonds. The molecule has 7 aliphatic rings. The van der Waals surface area contributed by atoms with Crippen LogP contribution >= 0.6 is 0 Å². The lowest BCUT2D eigenvalue weighted by molar-refractivity contribution is -0.252. The first kappa shape index (κ1) is 35.6. The van der Waals surface area contributed by atoms with Crippen molar-refractivity contribution in [3.63, 3.8) is 0 Å². The number of hydrogen-bond acceptors (Lipinski definition) is 5. The molecule has 5 heteroatoms. The smallest absolute Gasteiger partial charge is 0.320 e. The fourth-order valence-corrected chi connectivity index (χ4v) is 13.9. The molecule has 0 saturated heterocycles. The predicted octanol–water partition coefficient (Wildman–Crippen LogP) is 8.86. The van der Waals surface area contributed by atoms with Gasteiger partial charge in [0.2, 0.25) is 0 Å². The van der Waals surface area contributed by atoms with Gasteiger partial charge in [-0.1, -0.05) is 66.2 Å². The minimum atomic E-state index is -0.258. The van der Waals surface area contributed by atoms with E-state index in [2.05, 4.69) is 71.7 Å². The van der Waals surface area contributed by atoms with E-state index in [1.165, 1.54) is 44.9 Å². The molecule has 0 aromatic heterocycles.